The van der Waals surface area contributed by atoms with Gasteiger partial charge in [-0.15, -0.1) is 11.3 Å². The van der Waals surface area contributed by atoms with Crippen molar-refractivity contribution in [2.24, 2.45) is 17.8 Å². The minimum absolute atomic E-state index is 0.0506. The van der Waals surface area contributed by atoms with Crippen LogP contribution in [0, 0.1) is 17.8 Å². The second kappa shape index (κ2) is 16.5. The van der Waals surface area contributed by atoms with Crippen LogP contribution in [0.15, 0.2) is 36.4 Å². The molecule has 0 amide bonds. The lowest BCUT2D eigenvalue weighted by Gasteiger charge is -2.34. The van der Waals surface area contributed by atoms with Gasteiger partial charge < -0.3 is 10.0 Å². The fourth-order valence-corrected chi connectivity index (χ4v) is 13.0. The van der Waals surface area contributed by atoms with Crippen LogP contribution in [0.4, 0.5) is 5.82 Å². The van der Waals surface area contributed by atoms with E-state index in [0.29, 0.717) is 50.4 Å². The van der Waals surface area contributed by atoms with Gasteiger partial charge in [-0.1, -0.05) is 63.0 Å². The fourth-order valence-electron chi connectivity index (χ4n) is 7.15. The van der Waals surface area contributed by atoms with Gasteiger partial charge in [0.2, 0.25) is 10.0 Å². The summed E-state index contributed by atoms with van der Waals surface area (Å²) in [5.41, 5.74) is 0. The third-order valence-electron chi connectivity index (χ3n) is 9.93. The van der Waals surface area contributed by atoms with E-state index in [-0.39, 0.29) is 15.0 Å². The first kappa shape index (κ1) is 37.4. The number of carbonyl (C=O) groups is 1. The van der Waals surface area contributed by atoms with Crippen molar-refractivity contribution in [3.05, 3.63) is 31.6 Å². The molecule has 10 nitrogen and oxygen atoms in total. The van der Waals surface area contributed by atoms with Crippen LogP contribution in [-0.4, -0.2) is 69.4 Å². The van der Waals surface area contributed by atoms with Crippen LogP contribution in [0.5, 0.6) is 0 Å². The molecular formula is C31H43Br2ClN4O6S3. The Kier molecular flexibility index (Phi) is 13.1. The van der Waals surface area contributed by atoms with E-state index in [1.165, 1.54) is 12.3 Å². The van der Waals surface area contributed by atoms with E-state index in [9.17, 15) is 26.7 Å². The van der Waals surface area contributed by atoms with E-state index in [4.69, 9.17) is 11.6 Å². The minimum Gasteiger partial charge on any atom is -0.480 e. The molecule has 1 aliphatic carbocycles. The molecule has 2 aliphatic heterocycles. The summed E-state index contributed by atoms with van der Waals surface area (Å²) < 4.78 is 58.2. The quantitative estimate of drug-likeness (QED) is 0.211. The number of hydrogen-bond acceptors (Lipinski definition) is 8. The van der Waals surface area contributed by atoms with Gasteiger partial charge in [0.1, 0.15) is 25.3 Å². The Hall–Kier alpha value is -0.810. The Bertz CT molecular complexity index is 1580. The van der Waals surface area contributed by atoms with E-state index in [2.05, 4.69) is 46.5 Å². The zero-order valence-corrected chi connectivity index (χ0v) is 32.6. The van der Waals surface area contributed by atoms with E-state index in [0.717, 1.165) is 101 Å². The van der Waals surface area contributed by atoms with Crippen molar-refractivity contribution in [2.45, 2.75) is 98.6 Å². The number of rotatable bonds is 13. The minimum atomic E-state index is -4.06. The summed E-state index contributed by atoms with van der Waals surface area (Å²) in [5.74, 6) is 0.887. The Morgan fingerprint density at radius 2 is 1.55 bits per heavy atom. The lowest BCUT2D eigenvalue weighted by Crippen LogP contribution is -2.42. The second-order valence-electron chi connectivity index (χ2n) is 13.1. The van der Waals surface area contributed by atoms with Gasteiger partial charge in [0.25, 0.3) is 10.0 Å². The van der Waals surface area contributed by atoms with Crippen LogP contribution in [0.2, 0.25) is 4.34 Å². The first-order chi connectivity index (χ1) is 22.3. The van der Waals surface area contributed by atoms with E-state index < -0.39 is 32.1 Å². The molecule has 16 heteroatoms. The van der Waals surface area contributed by atoms with E-state index >= 15 is 0 Å². The number of hydrogen-bond donors (Lipinski definition) is 2. The molecule has 5 rings (SSSR count). The molecule has 2 N–H and O–H groups in total. The number of carboxylic acid groups (broad SMARTS) is 1. The highest BCUT2D eigenvalue weighted by Crippen LogP contribution is 2.38. The number of nitrogens with one attached hydrogen (secondary N) is 1. The Balaban J connectivity index is 1.05. The number of anilines is 1. The number of nitrogens with zero attached hydrogens (tertiary/aromatic N) is 3. The maximum absolute atomic E-state index is 13.1. The molecule has 1 atom stereocenters. The number of halogens is 3. The average molecular weight is 859 g/mol. The summed E-state index contributed by atoms with van der Waals surface area (Å²) >= 11 is 14.0. The molecule has 47 heavy (non-hydrogen) atoms. The summed E-state index contributed by atoms with van der Waals surface area (Å²) in [5, 5.41) is 9.72. The van der Waals surface area contributed by atoms with Gasteiger partial charge in [-0.2, -0.15) is 9.03 Å². The van der Waals surface area contributed by atoms with Gasteiger partial charge in [0, 0.05) is 36.8 Å². The van der Waals surface area contributed by atoms with Gasteiger partial charge >= 0.3 is 5.97 Å². The largest absolute Gasteiger partial charge is 0.480 e. The molecule has 2 aromatic heterocycles. The monoisotopic (exact) mass is 856 g/mol. The summed E-state index contributed by atoms with van der Waals surface area (Å²) in [7, 11) is -7.57. The summed E-state index contributed by atoms with van der Waals surface area (Å²) in [6.07, 6.45) is 13.9. The molecule has 0 aromatic carbocycles. The van der Waals surface area contributed by atoms with Crippen LogP contribution in [-0.2, 0) is 24.8 Å². The fraction of sp³-hybridized carbons (Fsp3) is 0.677. The van der Waals surface area contributed by atoms with Crippen molar-refractivity contribution in [1.29, 1.82) is 0 Å². The van der Waals surface area contributed by atoms with Crippen LogP contribution in [0.1, 0.15) is 83.5 Å². The van der Waals surface area contributed by atoms with Crippen molar-refractivity contribution >= 4 is 86.6 Å². The first-order valence-electron chi connectivity index (χ1n) is 16.4. The second-order valence-corrected chi connectivity index (χ2v) is 20.4. The molecule has 4 heterocycles. The van der Waals surface area contributed by atoms with Crippen molar-refractivity contribution in [3.8, 4) is 0 Å². The third-order valence-corrected chi connectivity index (χ3v) is 16.8. The van der Waals surface area contributed by atoms with Gasteiger partial charge in [0.15, 0.2) is 0 Å². The average Bonchev–Trinajstić information content (AvgIpc) is 3.40. The molecule has 3 fully saturated rings. The Labute approximate surface area is 304 Å². The highest BCUT2D eigenvalue weighted by molar-refractivity contribution is 9.11. The molecule has 0 spiro atoms. The standard InChI is InChI=1S/C31H43Br2ClN4O6S3/c32-25-19-28(45-29(25)34)47(43,44)38-15-11-22(12-16-38)8-4-7-21-9-13-37(14-10-21)30-26(33)18-24(20-35-30)46(41,42)36-27(31(39)40)17-23-5-2-1-3-6-23/h18-23,27,36H,1-17H2,(H,39,40). The van der Waals surface area contributed by atoms with E-state index in [1.807, 2.05) is 0 Å². The van der Waals surface area contributed by atoms with Gasteiger partial charge in [-0.05, 0) is 93.9 Å². The Morgan fingerprint density at radius 1 is 0.936 bits per heavy atom. The highest BCUT2D eigenvalue weighted by Gasteiger charge is 2.32. The van der Waals surface area contributed by atoms with Crippen LogP contribution in [0.25, 0.3) is 0 Å². The van der Waals surface area contributed by atoms with Gasteiger partial charge in [0.05, 0.1) is 4.47 Å². The topological polar surface area (TPSA) is 137 Å². The highest BCUT2D eigenvalue weighted by atomic mass is 79.9. The van der Waals surface area contributed by atoms with Crippen molar-refractivity contribution in [2.75, 3.05) is 31.1 Å². The van der Waals surface area contributed by atoms with Crippen molar-refractivity contribution in [3.63, 3.8) is 0 Å². The van der Waals surface area contributed by atoms with Crippen LogP contribution in [0.3, 0.4) is 0 Å². The predicted molar refractivity (Wildman–Crippen MR) is 192 cm³/mol. The summed E-state index contributed by atoms with van der Waals surface area (Å²) in [6, 6.07) is 1.94. The number of thiophene rings is 1. The summed E-state index contributed by atoms with van der Waals surface area (Å²) in [4.78, 5) is 18.5. The van der Waals surface area contributed by atoms with Gasteiger partial charge in [-0.3, -0.25) is 4.79 Å². The van der Waals surface area contributed by atoms with Crippen LogP contribution >= 0.6 is 54.8 Å². The van der Waals surface area contributed by atoms with Gasteiger partial charge in [-0.25, -0.2) is 21.8 Å². The lowest BCUT2D eigenvalue weighted by molar-refractivity contribution is -0.139. The maximum Gasteiger partial charge on any atom is 0.321 e. The number of sulfonamides is 2. The number of piperidine rings is 2. The molecular weight excluding hydrogens is 816 g/mol. The van der Waals surface area contributed by atoms with Crippen molar-refractivity contribution < 1.29 is 26.7 Å². The smallest absolute Gasteiger partial charge is 0.321 e. The molecule has 3 aliphatic rings. The molecule has 1 saturated carbocycles. The Morgan fingerprint density at radius 3 is 2.11 bits per heavy atom. The van der Waals surface area contributed by atoms with Crippen LogP contribution < -0.4 is 9.62 Å². The predicted octanol–water partition coefficient (Wildman–Crippen LogP) is 7.51. The molecule has 0 bridgehead atoms. The lowest BCUT2D eigenvalue weighted by atomic mass is 9.85. The number of aliphatic carboxylic acids is 1. The molecule has 2 saturated heterocycles. The molecule has 262 valence electrons. The third kappa shape index (κ3) is 9.71. The normalized spacial score (nSPS) is 20.4. The van der Waals surface area contributed by atoms with Crippen molar-refractivity contribution in [1.82, 2.24) is 14.0 Å². The molecule has 0 radical (unpaired) electrons. The number of carboxylic acids is 1. The number of pyridine rings is 1. The van der Waals surface area contributed by atoms with E-state index in [1.54, 1.807) is 10.4 Å². The maximum atomic E-state index is 13.1. The molecule has 2 aromatic rings. The zero-order chi connectivity index (χ0) is 33.8. The number of aromatic nitrogens is 1. The summed E-state index contributed by atoms with van der Waals surface area (Å²) in [6.45, 7) is 2.72. The molecule has 1 unspecified atom stereocenters. The first-order valence-corrected chi connectivity index (χ1v) is 22.1. The SMILES string of the molecule is O=C(O)C(CC1CCCCC1)NS(=O)(=O)c1cnc(N2CCC(CCCC3CCN(S(=O)(=O)c4cc(Br)c(Cl)s4)CC3)CC2)c(Br)c1. The zero-order valence-electron chi connectivity index (χ0n) is 26.3.